The Morgan fingerprint density at radius 3 is 2.58 bits per heavy atom. The molecule has 130 valence electrons. The Morgan fingerprint density at radius 2 is 2.00 bits per heavy atom. The molecule has 0 aromatic heterocycles. The number of hydrogen-bond acceptors (Lipinski definition) is 5. The maximum absolute atomic E-state index is 12.4. The van der Waals surface area contributed by atoms with Crippen molar-refractivity contribution in [1.82, 2.24) is 4.90 Å². The largest absolute Gasteiger partial charge is 0.467 e. The number of nitrogens with zero attached hydrogens (tertiary/aromatic N) is 1. The van der Waals surface area contributed by atoms with Crippen LogP contribution in [0.25, 0.3) is 0 Å². The number of aliphatic hydroxyl groups is 1. The second-order valence-electron chi connectivity index (χ2n) is 6.05. The van der Waals surface area contributed by atoms with Crippen LogP contribution >= 0.6 is 0 Å². The van der Waals surface area contributed by atoms with Crippen molar-refractivity contribution in [3.05, 3.63) is 48.0 Å². The van der Waals surface area contributed by atoms with Crippen molar-refractivity contribution in [2.24, 2.45) is 5.92 Å². The molecule has 1 aromatic rings. The van der Waals surface area contributed by atoms with E-state index < -0.39 is 30.1 Å². The van der Waals surface area contributed by atoms with Crippen LogP contribution in [0.15, 0.2) is 42.5 Å². The molecule has 1 aliphatic rings. The quantitative estimate of drug-likeness (QED) is 0.660. The van der Waals surface area contributed by atoms with Gasteiger partial charge in [-0.05, 0) is 18.9 Å². The van der Waals surface area contributed by atoms with E-state index in [4.69, 9.17) is 9.47 Å². The number of benzene rings is 1. The van der Waals surface area contributed by atoms with Gasteiger partial charge in [-0.1, -0.05) is 35.9 Å². The summed E-state index contributed by atoms with van der Waals surface area (Å²) >= 11 is 0. The molecule has 0 aliphatic carbocycles. The Labute approximate surface area is 141 Å². The molecule has 2 rings (SSSR count). The molecule has 1 saturated heterocycles. The highest BCUT2D eigenvalue weighted by molar-refractivity contribution is 5.82. The lowest BCUT2D eigenvalue weighted by molar-refractivity contribution is -0.147. The van der Waals surface area contributed by atoms with Crippen LogP contribution in [-0.2, 0) is 20.9 Å². The smallest absolute Gasteiger partial charge is 0.410 e. The lowest BCUT2D eigenvalue weighted by atomic mass is 9.91. The van der Waals surface area contributed by atoms with Gasteiger partial charge in [0.2, 0.25) is 0 Å². The fourth-order valence-electron chi connectivity index (χ4n) is 2.96. The molecular weight excluding hydrogens is 310 g/mol. The molecule has 0 radical (unpaired) electrons. The second-order valence-corrected chi connectivity index (χ2v) is 6.05. The number of esters is 1. The average Bonchev–Trinajstić information content (AvgIpc) is 2.89. The number of β-amino-alcohol motifs (C(OH)–C–C–N with tert-alkyl or cyclic N) is 1. The van der Waals surface area contributed by atoms with E-state index in [-0.39, 0.29) is 13.2 Å². The number of carbonyl (C=O) groups is 2. The lowest BCUT2D eigenvalue weighted by Crippen LogP contribution is -2.44. The topological polar surface area (TPSA) is 76.1 Å². The minimum absolute atomic E-state index is 0.0331. The summed E-state index contributed by atoms with van der Waals surface area (Å²) in [4.78, 5) is 25.8. The predicted molar refractivity (Wildman–Crippen MR) is 88.1 cm³/mol. The summed E-state index contributed by atoms with van der Waals surface area (Å²) in [6.45, 7) is 5.77. The number of ether oxygens (including phenoxy) is 2. The number of allylic oxidation sites excluding steroid dienone is 1. The van der Waals surface area contributed by atoms with Crippen LogP contribution < -0.4 is 0 Å². The molecule has 0 spiro atoms. The molecule has 6 nitrogen and oxygen atoms in total. The first-order chi connectivity index (χ1) is 11.4. The highest BCUT2D eigenvalue weighted by Gasteiger charge is 2.48. The molecule has 1 amide bonds. The van der Waals surface area contributed by atoms with Crippen LogP contribution in [0, 0.1) is 5.92 Å². The molecule has 1 aromatic carbocycles. The third-order valence-electron chi connectivity index (χ3n) is 4.09. The maximum Gasteiger partial charge on any atom is 0.410 e. The summed E-state index contributed by atoms with van der Waals surface area (Å²) < 4.78 is 10.1. The Kier molecular flexibility index (Phi) is 5.98. The van der Waals surface area contributed by atoms with Crippen molar-refractivity contribution in [1.29, 1.82) is 0 Å². The molecule has 0 saturated carbocycles. The molecule has 1 fully saturated rings. The van der Waals surface area contributed by atoms with Crippen molar-refractivity contribution < 1.29 is 24.2 Å². The van der Waals surface area contributed by atoms with Crippen molar-refractivity contribution in [2.45, 2.75) is 32.1 Å². The third-order valence-corrected chi connectivity index (χ3v) is 4.09. The van der Waals surface area contributed by atoms with E-state index in [1.54, 1.807) is 0 Å². The van der Waals surface area contributed by atoms with Gasteiger partial charge in [-0.15, -0.1) is 6.58 Å². The molecule has 1 N–H and O–H groups in total. The summed E-state index contributed by atoms with van der Waals surface area (Å²) in [6.07, 6.45) is -1.03. The van der Waals surface area contributed by atoms with E-state index in [1.807, 2.05) is 37.3 Å². The first-order valence-corrected chi connectivity index (χ1v) is 7.81. The van der Waals surface area contributed by atoms with Crippen LogP contribution in [0.3, 0.4) is 0 Å². The zero-order valence-electron chi connectivity index (χ0n) is 14.0. The van der Waals surface area contributed by atoms with E-state index in [2.05, 4.69) is 6.58 Å². The van der Waals surface area contributed by atoms with Gasteiger partial charge in [-0.3, -0.25) is 4.90 Å². The first-order valence-electron chi connectivity index (χ1n) is 7.81. The molecule has 1 heterocycles. The zero-order chi connectivity index (χ0) is 17.7. The van der Waals surface area contributed by atoms with Crippen LogP contribution in [0.2, 0.25) is 0 Å². The highest BCUT2D eigenvalue weighted by atomic mass is 16.6. The van der Waals surface area contributed by atoms with Crippen molar-refractivity contribution in [2.75, 3.05) is 13.7 Å². The Morgan fingerprint density at radius 1 is 1.33 bits per heavy atom. The summed E-state index contributed by atoms with van der Waals surface area (Å²) in [5.41, 5.74) is 1.67. The molecule has 3 atom stereocenters. The van der Waals surface area contributed by atoms with E-state index >= 15 is 0 Å². The van der Waals surface area contributed by atoms with E-state index in [0.717, 1.165) is 11.1 Å². The van der Waals surface area contributed by atoms with Gasteiger partial charge in [0.05, 0.1) is 19.8 Å². The Bertz CT molecular complexity index is 601. The van der Waals surface area contributed by atoms with Crippen molar-refractivity contribution in [3.63, 3.8) is 0 Å². The number of aliphatic hydroxyl groups excluding tert-OH is 1. The fourth-order valence-corrected chi connectivity index (χ4v) is 2.96. The molecular formula is C18H23NO5. The lowest BCUT2D eigenvalue weighted by Gasteiger charge is -2.25. The summed E-state index contributed by atoms with van der Waals surface area (Å²) in [6, 6.07) is 8.38. The number of methoxy groups -OCH3 is 1. The summed E-state index contributed by atoms with van der Waals surface area (Å²) in [5.74, 6) is -1.01. The zero-order valence-corrected chi connectivity index (χ0v) is 14.0. The van der Waals surface area contributed by atoms with Crippen LogP contribution in [0.1, 0.15) is 18.9 Å². The van der Waals surface area contributed by atoms with Gasteiger partial charge in [0.15, 0.2) is 0 Å². The minimum atomic E-state index is -0.870. The first kappa shape index (κ1) is 18.0. The maximum atomic E-state index is 12.4. The third kappa shape index (κ3) is 4.14. The van der Waals surface area contributed by atoms with Crippen LogP contribution in [0.4, 0.5) is 4.79 Å². The van der Waals surface area contributed by atoms with E-state index in [0.29, 0.717) is 6.42 Å². The number of rotatable bonds is 5. The van der Waals surface area contributed by atoms with Gasteiger partial charge >= 0.3 is 12.1 Å². The van der Waals surface area contributed by atoms with Crippen LogP contribution in [0.5, 0.6) is 0 Å². The van der Waals surface area contributed by atoms with Gasteiger partial charge in [-0.2, -0.15) is 0 Å². The van der Waals surface area contributed by atoms with Crippen molar-refractivity contribution in [3.8, 4) is 0 Å². The van der Waals surface area contributed by atoms with Gasteiger partial charge in [0, 0.05) is 5.92 Å². The Hall–Kier alpha value is -2.34. The molecule has 0 bridgehead atoms. The fraction of sp³-hybridized carbons (Fsp3) is 0.444. The summed E-state index contributed by atoms with van der Waals surface area (Å²) in [5, 5.41) is 10.3. The molecule has 24 heavy (non-hydrogen) atoms. The number of amides is 1. The monoisotopic (exact) mass is 333 g/mol. The van der Waals surface area contributed by atoms with Gasteiger partial charge in [-0.25, -0.2) is 9.59 Å². The van der Waals surface area contributed by atoms with Gasteiger partial charge < -0.3 is 14.6 Å². The van der Waals surface area contributed by atoms with E-state index in [9.17, 15) is 14.7 Å². The van der Waals surface area contributed by atoms with Crippen molar-refractivity contribution >= 4 is 12.1 Å². The highest BCUT2D eigenvalue weighted by Crippen LogP contribution is 2.31. The molecule has 2 unspecified atom stereocenters. The van der Waals surface area contributed by atoms with Gasteiger partial charge in [0.1, 0.15) is 12.6 Å². The van der Waals surface area contributed by atoms with Gasteiger partial charge in [0.25, 0.3) is 0 Å². The van der Waals surface area contributed by atoms with E-state index in [1.165, 1.54) is 12.0 Å². The normalized spacial score (nSPS) is 23.0. The predicted octanol–water partition coefficient (Wildman–Crippen LogP) is 2.12. The number of hydrogen-bond donors (Lipinski definition) is 1. The average molecular weight is 333 g/mol. The number of likely N-dealkylation sites (tertiary alicyclic amines) is 1. The Balaban J connectivity index is 2.09. The minimum Gasteiger partial charge on any atom is -0.467 e. The molecule has 6 heteroatoms. The molecule has 1 aliphatic heterocycles. The SMILES string of the molecule is C=C(C)CC1C(C(=O)OC)N(C(=O)OCc2ccccc2)C[C@@H]1O. The number of carbonyl (C=O) groups excluding carboxylic acids is 2. The summed E-state index contributed by atoms with van der Waals surface area (Å²) in [7, 11) is 1.26. The van der Waals surface area contributed by atoms with Crippen LogP contribution in [-0.4, -0.2) is 47.9 Å². The second kappa shape index (κ2) is 7.97. The standard InChI is InChI=1S/C18H23NO5/c1-12(2)9-14-15(20)10-19(16(14)17(21)23-3)18(22)24-11-13-7-5-4-6-8-13/h4-8,14-16,20H,1,9-11H2,2-3H3/t14?,15-,16?/m0/s1.